The summed E-state index contributed by atoms with van der Waals surface area (Å²) in [6.07, 6.45) is 1.16. The van der Waals surface area contributed by atoms with Gasteiger partial charge in [-0.3, -0.25) is 0 Å². The molecule has 7 aliphatic rings. The molecule has 10 atom stereocenters. The largest absolute Gasteiger partial charge is 0.703 e. The normalized spacial score (nSPS) is 79.7. The number of alkyl halides is 2. The van der Waals surface area contributed by atoms with Crippen molar-refractivity contribution >= 4 is 23.2 Å². The summed E-state index contributed by atoms with van der Waals surface area (Å²) in [4.78, 5) is 10.8. The fraction of sp³-hybridized carbons (Fsp3) is 1.00. The van der Waals surface area contributed by atoms with E-state index in [0.717, 1.165) is 6.42 Å². The van der Waals surface area contributed by atoms with Gasteiger partial charge in [0.25, 0.3) is 0 Å². The molecule has 7 rings (SSSR count). The Bertz CT molecular complexity index is 530. The molecule has 5 aliphatic carbocycles. The smallest absolute Gasteiger partial charge is 0.322 e. The average molecular weight is 273 g/mol. The molecule has 0 aromatic carbocycles. The van der Waals surface area contributed by atoms with Gasteiger partial charge in [0.05, 0.1) is 16.7 Å². The second-order valence-corrected chi connectivity index (χ2v) is 8.03. The van der Waals surface area contributed by atoms with E-state index < -0.39 is 10.00 Å². The highest BCUT2D eigenvalue weighted by Crippen LogP contribution is 2.91. The number of nitroso groups, excluding NO2 is 1. The minimum atomic E-state index is -0.954. The molecule has 90 valence electrons. The summed E-state index contributed by atoms with van der Waals surface area (Å²) in [7, 11) is 0. The third kappa shape index (κ3) is 0.485. The molecule has 10 unspecified atom stereocenters. The van der Waals surface area contributed by atoms with Crippen LogP contribution in [0.1, 0.15) is 6.42 Å². The Balaban J connectivity index is 1.77. The van der Waals surface area contributed by atoms with Crippen LogP contribution in [-0.2, 0) is 0 Å². The van der Waals surface area contributed by atoms with Gasteiger partial charge in [0.15, 0.2) is 5.00 Å². The number of rotatable bonds is 0. The lowest BCUT2D eigenvalue weighted by Gasteiger charge is -2.60. The second kappa shape index (κ2) is 1.93. The third-order valence-corrected chi connectivity index (χ3v) is 8.42. The van der Waals surface area contributed by atoms with E-state index in [-0.39, 0.29) is 23.7 Å². The van der Waals surface area contributed by atoms with Gasteiger partial charge in [0, 0.05) is 11.8 Å². The Morgan fingerprint density at radius 2 is 1.76 bits per heavy atom. The maximum Gasteiger partial charge on any atom is 0.322 e. The molecule has 0 aromatic rings. The van der Waals surface area contributed by atoms with Crippen molar-refractivity contribution in [2.45, 2.75) is 16.4 Å². The summed E-state index contributed by atoms with van der Waals surface area (Å²) in [6.45, 7) is 0. The SMILES string of the molecule is O=[N+]1N([O-])C2(Cl)C3C4CC5C6C4C2C6C1(Cl)C53. The molecule has 0 spiro atoms. The first-order chi connectivity index (χ1) is 8.04. The molecule has 4 nitrogen and oxygen atoms in total. The molecule has 0 amide bonds. The quantitative estimate of drug-likeness (QED) is 0.384. The number of halogens is 2. The molecule has 2 aliphatic heterocycles. The predicted molar refractivity (Wildman–Crippen MR) is 58.5 cm³/mol. The van der Waals surface area contributed by atoms with E-state index in [1.54, 1.807) is 0 Å². The zero-order chi connectivity index (χ0) is 11.5. The highest BCUT2D eigenvalue weighted by Gasteiger charge is 2.99. The first-order valence-corrected chi connectivity index (χ1v) is 7.12. The lowest BCUT2D eigenvalue weighted by molar-refractivity contribution is -0.788. The summed E-state index contributed by atoms with van der Waals surface area (Å²) >= 11 is 13.3. The lowest BCUT2D eigenvalue weighted by Crippen LogP contribution is -2.76. The molecular weight excluding hydrogens is 263 g/mol. The van der Waals surface area contributed by atoms with Gasteiger partial charge in [0.2, 0.25) is 0 Å². The number of hydrazine groups is 1. The minimum absolute atomic E-state index is 0.166. The molecule has 5 saturated carbocycles. The second-order valence-electron chi connectivity index (χ2n) is 6.82. The van der Waals surface area contributed by atoms with Crippen LogP contribution in [0.5, 0.6) is 0 Å². The lowest BCUT2D eigenvalue weighted by atomic mass is 9.56. The fourth-order valence-electron chi connectivity index (χ4n) is 7.23. The molecule has 17 heavy (non-hydrogen) atoms. The van der Waals surface area contributed by atoms with Crippen molar-refractivity contribution < 1.29 is 4.87 Å². The van der Waals surface area contributed by atoms with Crippen LogP contribution in [0.25, 0.3) is 0 Å². The Kier molecular flexibility index (Phi) is 1.01. The first kappa shape index (κ1) is 8.94. The zero-order valence-corrected chi connectivity index (χ0v) is 10.3. The number of hydrogen-bond donors (Lipinski definition) is 0. The van der Waals surface area contributed by atoms with Crippen molar-refractivity contribution in [2.24, 2.45) is 47.3 Å². The van der Waals surface area contributed by atoms with Crippen LogP contribution in [0.15, 0.2) is 0 Å². The molecule has 0 N–H and O–H groups in total. The monoisotopic (exact) mass is 272 g/mol. The zero-order valence-electron chi connectivity index (χ0n) is 8.79. The number of fused-ring (bicyclic) bond motifs is 1. The Hall–Kier alpha value is -0.0600. The molecule has 4 bridgehead atoms. The molecule has 2 heterocycles. The number of hydroxylamine groups is 1. The van der Waals surface area contributed by atoms with E-state index in [1.807, 2.05) is 0 Å². The van der Waals surface area contributed by atoms with Crippen molar-refractivity contribution in [3.8, 4) is 0 Å². The van der Waals surface area contributed by atoms with Crippen molar-refractivity contribution in [1.82, 2.24) is 5.17 Å². The van der Waals surface area contributed by atoms with Gasteiger partial charge < -0.3 is 5.21 Å². The fourth-order valence-corrected chi connectivity index (χ4v) is 8.52. The van der Waals surface area contributed by atoms with Crippen LogP contribution >= 0.6 is 23.2 Å². The number of nitrogens with zero attached hydrogens (tertiary/aromatic N) is 2. The van der Waals surface area contributed by atoms with Gasteiger partial charge in [-0.25, -0.2) is 0 Å². The summed E-state index contributed by atoms with van der Waals surface area (Å²) in [5, 5.41) is 12.7. The van der Waals surface area contributed by atoms with Crippen LogP contribution in [-0.4, -0.2) is 20.0 Å². The highest BCUT2D eigenvalue weighted by molar-refractivity contribution is 6.27. The summed E-state index contributed by atoms with van der Waals surface area (Å²) in [5.74, 6) is 3.00. The van der Waals surface area contributed by atoms with Gasteiger partial charge >= 0.3 is 5.00 Å². The third-order valence-electron chi connectivity index (χ3n) is 7.12. The van der Waals surface area contributed by atoms with Crippen molar-refractivity contribution in [1.29, 1.82) is 0 Å². The van der Waals surface area contributed by atoms with Crippen molar-refractivity contribution in [3.63, 3.8) is 0 Å². The maximum absolute atomic E-state index is 12.2. The molecule has 0 aromatic heterocycles. The van der Waals surface area contributed by atoms with E-state index in [4.69, 9.17) is 23.2 Å². The maximum atomic E-state index is 12.2. The van der Waals surface area contributed by atoms with Gasteiger partial charge in [0.1, 0.15) is 4.87 Å². The predicted octanol–water partition coefficient (Wildman–Crippen LogP) is 1.75. The topological polar surface area (TPSA) is 46.4 Å². The Labute approximate surface area is 107 Å². The van der Waals surface area contributed by atoms with E-state index in [9.17, 15) is 10.1 Å². The standard InChI is InChI=1S/C11H10Cl2N2O2/c12-10-6-2-1-3-5-4(2)8(10)9(5)11(13,7(3)6)15(17)14(10)16/h2-9H,1H2. The molecule has 2 saturated heterocycles. The van der Waals surface area contributed by atoms with Crippen LogP contribution in [0.4, 0.5) is 0 Å². The highest BCUT2D eigenvalue weighted by atomic mass is 35.5. The van der Waals surface area contributed by atoms with Crippen LogP contribution in [0, 0.1) is 57.5 Å². The van der Waals surface area contributed by atoms with Crippen molar-refractivity contribution in [3.05, 3.63) is 10.1 Å². The van der Waals surface area contributed by atoms with Gasteiger partial charge in [-0.1, -0.05) is 11.6 Å². The molecular formula is C11H10Cl2N2O2. The van der Waals surface area contributed by atoms with Crippen LogP contribution in [0.3, 0.4) is 0 Å². The average Bonchev–Trinajstić information content (AvgIpc) is 2.76. The van der Waals surface area contributed by atoms with Gasteiger partial charge in [-0.05, 0) is 41.7 Å². The summed E-state index contributed by atoms with van der Waals surface area (Å²) in [6, 6.07) is 0. The van der Waals surface area contributed by atoms with E-state index in [1.165, 1.54) is 0 Å². The van der Waals surface area contributed by atoms with E-state index in [0.29, 0.717) is 33.7 Å². The van der Waals surface area contributed by atoms with Gasteiger partial charge in [-0.15, -0.1) is 0 Å². The Morgan fingerprint density at radius 1 is 1.12 bits per heavy atom. The number of hydrogen-bond acceptors (Lipinski definition) is 2. The molecule has 7 fully saturated rings. The Morgan fingerprint density at radius 3 is 2.53 bits per heavy atom. The molecule has 0 radical (unpaired) electrons. The molecule has 6 heteroatoms. The van der Waals surface area contributed by atoms with Crippen LogP contribution in [0.2, 0.25) is 0 Å². The first-order valence-electron chi connectivity index (χ1n) is 6.36. The minimum Gasteiger partial charge on any atom is -0.703 e. The van der Waals surface area contributed by atoms with Gasteiger partial charge in [-0.2, -0.15) is 5.17 Å². The van der Waals surface area contributed by atoms with E-state index in [2.05, 4.69) is 0 Å². The summed E-state index contributed by atoms with van der Waals surface area (Å²) < 4.78 is 0. The summed E-state index contributed by atoms with van der Waals surface area (Å²) in [5.41, 5.74) is 0. The van der Waals surface area contributed by atoms with Crippen LogP contribution < -0.4 is 0 Å². The van der Waals surface area contributed by atoms with E-state index >= 15 is 0 Å². The van der Waals surface area contributed by atoms with Crippen molar-refractivity contribution in [2.75, 3.05) is 0 Å².